The molecule has 2 amide bonds. The number of anilines is 1. The molecule has 7 nitrogen and oxygen atoms in total. The molecule has 0 radical (unpaired) electrons. The third kappa shape index (κ3) is 7.15. The smallest absolute Gasteiger partial charge is 0.345 e. The van der Waals surface area contributed by atoms with E-state index in [1.165, 1.54) is 24.3 Å². The summed E-state index contributed by atoms with van der Waals surface area (Å²) in [5.41, 5.74) is 0.716. The van der Waals surface area contributed by atoms with Crippen molar-refractivity contribution in [1.82, 2.24) is 20.1 Å². The highest BCUT2D eigenvalue weighted by Gasteiger charge is 2.31. The maximum Gasteiger partial charge on any atom is 0.416 e. The van der Waals surface area contributed by atoms with Crippen LogP contribution in [-0.4, -0.2) is 32.3 Å². The number of rotatable bonds is 8. The van der Waals surface area contributed by atoms with Gasteiger partial charge in [0.2, 0.25) is 5.91 Å². The summed E-state index contributed by atoms with van der Waals surface area (Å²) < 4.78 is 54.2. The quantitative estimate of drug-likeness (QED) is 0.197. The third-order valence-corrected chi connectivity index (χ3v) is 6.63. The van der Waals surface area contributed by atoms with Gasteiger partial charge in [-0.3, -0.25) is 14.2 Å². The van der Waals surface area contributed by atoms with E-state index in [-0.39, 0.29) is 34.1 Å². The Labute approximate surface area is 229 Å². The van der Waals surface area contributed by atoms with Gasteiger partial charge >= 0.3 is 6.18 Å². The number of carbonyl (C=O) groups is 2. The van der Waals surface area contributed by atoms with Crippen molar-refractivity contribution in [3.05, 3.63) is 100 Å². The molecule has 0 atom stereocenters. The molecule has 0 bridgehead atoms. The lowest BCUT2D eigenvalue weighted by atomic mass is 10.1. The predicted molar refractivity (Wildman–Crippen MR) is 139 cm³/mol. The number of alkyl halides is 3. The summed E-state index contributed by atoms with van der Waals surface area (Å²) in [6, 6.07) is 15.1. The van der Waals surface area contributed by atoms with Gasteiger partial charge in [0, 0.05) is 11.3 Å². The molecule has 0 spiro atoms. The molecule has 0 aliphatic heterocycles. The molecule has 0 saturated heterocycles. The highest BCUT2D eigenvalue weighted by atomic mass is 35.5. The number of benzene rings is 3. The molecule has 0 aliphatic rings. The van der Waals surface area contributed by atoms with Crippen LogP contribution in [0.15, 0.2) is 71.9 Å². The van der Waals surface area contributed by atoms with Gasteiger partial charge in [-0.25, -0.2) is 4.39 Å². The number of nitrogens with one attached hydrogen (secondary N) is 2. The number of aryl methyl sites for hydroxylation is 1. The molecule has 3 aromatic carbocycles. The molecule has 202 valence electrons. The summed E-state index contributed by atoms with van der Waals surface area (Å²) in [4.78, 5) is 25.2. The number of nitrogens with zero attached hydrogens (tertiary/aromatic N) is 3. The van der Waals surface area contributed by atoms with Crippen molar-refractivity contribution in [2.75, 3.05) is 11.1 Å². The minimum atomic E-state index is -4.60. The van der Waals surface area contributed by atoms with Gasteiger partial charge in [-0.1, -0.05) is 41.1 Å². The first-order valence-corrected chi connectivity index (χ1v) is 12.7. The van der Waals surface area contributed by atoms with E-state index in [1.54, 1.807) is 22.8 Å². The van der Waals surface area contributed by atoms with E-state index in [0.29, 0.717) is 17.1 Å². The molecule has 39 heavy (non-hydrogen) atoms. The van der Waals surface area contributed by atoms with E-state index in [1.807, 2.05) is 13.0 Å². The minimum absolute atomic E-state index is 0.0241. The van der Waals surface area contributed by atoms with Gasteiger partial charge in [-0.05, 0) is 61.5 Å². The van der Waals surface area contributed by atoms with Gasteiger partial charge in [0.05, 0.1) is 28.6 Å². The standard InChI is InChI=1S/C26H20ClF4N5O2S/c1-15-3-2-4-16(11-15)24(38)32-13-22-34-35-25(36(22)19-8-6-18(28)7-9-19)39-14-23(37)33-21-12-17(26(29,30)31)5-10-20(21)27/h2-12H,13-14H2,1H3,(H,32,38)(H,33,37). The number of carbonyl (C=O) groups excluding carboxylic acids is 2. The maximum absolute atomic E-state index is 13.6. The van der Waals surface area contributed by atoms with Crippen LogP contribution in [0.1, 0.15) is 27.3 Å². The van der Waals surface area contributed by atoms with Crippen LogP contribution in [0.3, 0.4) is 0 Å². The van der Waals surface area contributed by atoms with Crippen LogP contribution in [0.5, 0.6) is 0 Å². The zero-order valence-electron chi connectivity index (χ0n) is 20.2. The Kier molecular flexibility index (Phi) is 8.56. The molecular formula is C26H20ClF4N5O2S. The fraction of sp³-hybridized carbons (Fsp3) is 0.154. The Morgan fingerprint density at radius 1 is 1.03 bits per heavy atom. The van der Waals surface area contributed by atoms with E-state index < -0.39 is 23.5 Å². The van der Waals surface area contributed by atoms with Crippen molar-refractivity contribution in [3.8, 4) is 5.69 Å². The number of thioether (sulfide) groups is 1. The van der Waals surface area contributed by atoms with Crippen LogP contribution in [0.25, 0.3) is 5.69 Å². The fourth-order valence-corrected chi connectivity index (χ4v) is 4.45. The van der Waals surface area contributed by atoms with E-state index >= 15 is 0 Å². The second kappa shape index (κ2) is 11.9. The molecule has 4 rings (SSSR count). The maximum atomic E-state index is 13.6. The van der Waals surface area contributed by atoms with E-state index in [4.69, 9.17) is 11.6 Å². The molecule has 0 saturated carbocycles. The largest absolute Gasteiger partial charge is 0.416 e. The molecule has 0 fully saturated rings. The summed E-state index contributed by atoms with van der Waals surface area (Å²) in [5, 5.41) is 13.5. The SMILES string of the molecule is Cc1cccc(C(=O)NCc2nnc(SCC(=O)Nc3cc(C(F)(F)F)ccc3Cl)n2-c2ccc(F)cc2)c1. The second-order valence-corrected chi connectivity index (χ2v) is 9.64. The predicted octanol–water partition coefficient (Wildman–Crippen LogP) is 6.05. The van der Waals surface area contributed by atoms with E-state index in [2.05, 4.69) is 20.8 Å². The summed E-state index contributed by atoms with van der Waals surface area (Å²) >= 11 is 6.91. The fourth-order valence-electron chi connectivity index (χ4n) is 3.52. The van der Waals surface area contributed by atoms with Gasteiger partial charge in [0.1, 0.15) is 5.82 Å². The van der Waals surface area contributed by atoms with Crippen molar-refractivity contribution >= 4 is 40.9 Å². The average Bonchev–Trinajstić information content (AvgIpc) is 3.30. The van der Waals surface area contributed by atoms with Crippen molar-refractivity contribution < 1.29 is 27.2 Å². The Balaban J connectivity index is 1.51. The first kappa shape index (κ1) is 28.1. The summed E-state index contributed by atoms with van der Waals surface area (Å²) in [6.45, 7) is 1.84. The Morgan fingerprint density at radius 3 is 2.46 bits per heavy atom. The minimum Gasteiger partial charge on any atom is -0.345 e. The van der Waals surface area contributed by atoms with Crippen LogP contribution in [0.4, 0.5) is 23.2 Å². The van der Waals surface area contributed by atoms with Crippen LogP contribution in [0, 0.1) is 12.7 Å². The van der Waals surface area contributed by atoms with Crippen LogP contribution >= 0.6 is 23.4 Å². The molecule has 2 N–H and O–H groups in total. The number of hydrogen-bond donors (Lipinski definition) is 2. The number of aromatic nitrogens is 3. The van der Waals surface area contributed by atoms with Crippen LogP contribution < -0.4 is 10.6 Å². The molecule has 0 unspecified atom stereocenters. The third-order valence-electron chi connectivity index (χ3n) is 5.37. The van der Waals surface area contributed by atoms with Crippen molar-refractivity contribution in [3.63, 3.8) is 0 Å². The lowest BCUT2D eigenvalue weighted by Gasteiger charge is -2.12. The van der Waals surface area contributed by atoms with Crippen molar-refractivity contribution in [2.45, 2.75) is 24.8 Å². The highest BCUT2D eigenvalue weighted by molar-refractivity contribution is 7.99. The highest BCUT2D eigenvalue weighted by Crippen LogP contribution is 2.34. The molecule has 0 aliphatic carbocycles. The Hall–Kier alpha value is -3.90. The summed E-state index contributed by atoms with van der Waals surface area (Å²) in [6.07, 6.45) is -4.60. The topological polar surface area (TPSA) is 88.9 Å². The van der Waals surface area contributed by atoms with Gasteiger partial charge in [-0.15, -0.1) is 10.2 Å². The lowest BCUT2D eigenvalue weighted by Crippen LogP contribution is -2.24. The molecule has 1 heterocycles. The zero-order valence-corrected chi connectivity index (χ0v) is 21.8. The first-order chi connectivity index (χ1) is 18.5. The number of halogens is 5. The normalized spacial score (nSPS) is 11.3. The van der Waals surface area contributed by atoms with Gasteiger partial charge in [0.15, 0.2) is 11.0 Å². The van der Waals surface area contributed by atoms with Crippen LogP contribution in [-0.2, 0) is 17.5 Å². The van der Waals surface area contributed by atoms with Crippen molar-refractivity contribution in [1.29, 1.82) is 0 Å². The molecular weight excluding hydrogens is 558 g/mol. The van der Waals surface area contributed by atoms with Gasteiger partial charge in [-0.2, -0.15) is 13.2 Å². The molecule has 1 aromatic heterocycles. The Bertz CT molecular complexity index is 1510. The molecule has 4 aromatic rings. The summed E-state index contributed by atoms with van der Waals surface area (Å²) in [5.74, 6) is -1.37. The number of amides is 2. The van der Waals surface area contributed by atoms with Gasteiger partial charge in [0.25, 0.3) is 5.91 Å². The summed E-state index contributed by atoms with van der Waals surface area (Å²) in [7, 11) is 0. The van der Waals surface area contributed by atoms with E-state index in [9.17, 15) is 27.2 Å². The second-order valence-electron chi connectivity index (χ2n) is 8.29. The first-order valence-electron chi connectivity index (χ1n) is 11.4. The average molecular weight is 578 g/mol. The van der Waals surface area contributed by atoms with Gasteiger partial charge < -0.3 is 10.6 Å². The zero-order chi connectivity index (χ0) is 28.2. The number of hydrogen-bond acceptors (Lipinski definition) is 5. The Morgan fingerprint density at radius 2 is 1.77 bits per heavy atom. The van der Waals surface area contributed by atoms with Crippen LogP contribution in [0.2, 0.25) is 5.02 Å². The monoisotopic (exact) mass is 577 g/mol. The lowest BCUT2D eigenvalue weighted by molar-refractivity contribution is -0.137. The van der Waals surface area contributed by atoms with Crippen molar-refractivity contribution in [2.24, 2.45) is 0 Å². The molecule has 13 heteroatoms. The van der Waals surface area contributed by atoms with E-state index in [0.717, 1.165) is 35.5 Å².